The molecule has 3 aromatic rings. The summed E-state index contributed by atoms with van der Waals surface area (Å²) in [6.07, 6.45) is 0. The minimum absolute atomic E-state index is 0.192. The molecule has 1 aromatic heterocycles. The van der Waals surface area contributed by atoms with Gasteiger partial charge < -0.3 is 14.6 Å². The summed E-state index contributed by atoms with van der Waals surface area (Å²) in [5.41, 5.74) is 3.34. The zero-order chi connectivity index (χ0) is 17.4. The van der Waals surface area contributed by atoms with Crippen LogP contribution in [0.3, 0.4) is 0 Å². The highest BCUT2D eigenvalue weighted by atomic mass is 35.5. The van der Waals surface area contributed by atoms with Gasteiger partial charge in [-0.15, -0.1) is 0 Å². The van der Waals surface area contributed by atoms with E-state index >= 15 is 0 Å². The molecule has 2 heterocycles. The van der Waals surface area contributed by atoms with Crippen molar-refractivity contribution in [3.8, 4) is 0 Å². The summed E-state index contributed by atoms with van der Waals surface area (Å²) in [4.78, 5) is 6.81. The molecule has 1 aliphatic rings. The number of aryl methyl sites for hydroxylation is 1. The first kappa shape index (κ1) is 16.0. The van der Waals surface area contributed by atoms with E-state index in [1.165, 1.54) is 16.5 Å². The van der Waals surface area contributed by atoms with Gasteiger partial charge in [-0.3, -0.25) is 4.99 Å². The van der Waals surface area contributed by atoms with E-state index in [-0.39, 0.29) is 6.04 Å². The highest BCUT2D eigenvalue weighted by Crippen LogP contribution is 2.27. The summed E-state index contributed by atoms with van der Waals surface area (Å²) in [7, 11) is 2.05. The molecule has 0 saturated heterocycles. The normalized spacial score (nSPS) is 16.8. The van der Waals surface area contributed by atoms with Crippen molar-refractivity contribution in [1.82, 2.24) is 10.2 Å². The number of hydrogen-bond acceptors (Lipinski definition) is 4. The quantitative estimate of drug-likeness (QED) is 0.752. The van der Waals surface area contributed by atoms with E-state index < -0.39 is 0 Å². The van der Waals surface area contributed by atoms with Crippen molar-refractivity contribution in [1.29, 1.82) is 0 Å². The molecule has 1 unspecified atom stereocenters. The fourth-order valence-corrected chi connectivity index (χ4v) is 3.40. The average molecular weight is 354 g/mol. The summed E-state index contributed by atoms with van der Waals surface area (Å²) < 4.78 is 5.86. The van der Waals surface area contributed by atoms with Crippen LogP contribution in [-0.2, 0) is 6.54 Å². The largest absolute Gasteiger partial charge is 0.461 e. The Balaban J connectivity index is 1.49. The molecule has 0 amide bonds. The Hall–Kier alpha value is -2.46. The molecule has 4 rings (SSSR count). The third kappa shape index (κ3) is 3.10. The highest BCUT2D eigenvalue weighted by Gasteiger charge is 2.23. The number of furan rings is 1. The van der Waals surface area contributed by atoms with Gasteiger partial charge in [0, 0.05) is 29.6 Å². The molecule has 0 saturated carbocycles. The second kappa shape index (κ2) is 6.45. The number of guanidine groups is 1. The van der Waals surface area contributed by atoms with Crippen molar-refractivity contribution in [2.75, 3.05) is 13.6 Å². The van der Waals surface area contributed by atoms with Crippen molar-refractivity contribution in [3.63, 3.8) is 0 Å². The lowest BCUT2D eigenvalue weighted by Crippen LogP contribution is -2.36. The number of nitrogens with one attached hydrogen (secondary N) is 1. The van der Waals surface area contributed by atoms with Crippen molar-refractivity contribution >= 4 is 28.5 Å². The molecule has 4 nitrogen and oxygen atoms in total. The van der Waals surface area contributed by atoms with Crippen molar-refractivity contribution in [2.45, 2.75) is 19.5 Å². The van der Waals surface area contributed by atoms with E-state index in [2.05, 4.69) is 28.3 Å². The van der Waals surface area contributed by atoms with Crippen molar-refractivity contribution in [2.24, 2.45) is 4.99 Å². The van der Waals surface area contributed by atoms with Crippen LogP contribution in [0.25, 0.3) is 11.0 Å². The van der Waals surface area contributed by atoms with Gasteiger partial charge in [0.25, 0.3) is 0 Å². The molecule has 0 fully saturated rings. The van der Waals surface area contributed by atoms with Crippen molar-refractivity contribution < 1.29 is 4.42 Å². The van der Waals surface area contributed by atoms with Gasteiger partial charge in [-0.2, -0.15) is 0 Å². The Labute approximate surface area is 152 Å². The standard InChI is InChI=1S/C20H20ClN3O/c1-13-17(16-5-3-4-6-19(16)25-13)12-24(2)20-22-11-18(23-20)14-7-9-15(21)10-8-14/h3-10,18H,11-12H2,1-2H3,(H,22,23). The number of aliphatic imine (C=N–C) groups is 1. The zero-order valence-electron chi connectivity index (χ0n) is 14.3. The summed E-state index contributed by atoms with van der Waals surface area (Å²) >= 11 is 5.97. The molecule has 2 aromatic carbocycles. The van der Waals surface area contributed by atoms with Gasteiger partial charge in [0.1, 0.15) is 11.3 Å². The summed E-state index contributed by atoms with van der Waals surface area (Å²) in [5, 5.41) is 5.43. The Bertz CT molecular complexity index is 930. The molecule has 1 aliphatic heterocycles. The first-order chi connectivity index (χ1) is 12.1. The lowest BCUT2D eigenvalue weighted by atomic mass is 10.1. The molecule has 0 bridgehead atoms. The van der Waals surface area contributed by atoms with Gasteiger partial charge in [0.05, 0.1) is 12.6 Å². The number of benzene rings is 2. The Kier molecular flexibility index (Phi) is 4.14. The van der Waals surface area contributed by atoms with E-state index in [1.54, 1.807) is 0 Å². The van der Waals surface area contributed by atoms with E-state index in [0.29, 0.717) is 0 Å². The van der Waals surface area contributed by atoms with Gasteiger partial charge in [0.15, 0.2) is 5.96 Å². The Morgan fingerprint density at radius 3 is 2.76 bits per heavy atom. The number of fused-ring (bicyclic) bond motifs is 1. The zero-order valence-corrected chi connectivity index (χ0v) is 15.0. The predicted octanol–water partition coefficient (Wildman–Crippen LogP) is 4.53. The molecule has 128 valence electrons. The minimum atomic E-state index is 0.192. The monoisotopic (exact) mass is 353 g/mol. The third-order valence-corrected chi connectivity index (χ3v) is 4.91. The molecule has 0 spiro atoms. The fourth-order valence-electron chi connectivity index (χ4n) is 3.27. The van der Waals surface area contributed by atoms with Crippen molar-refractivity contribution in [3.05, 3.63) is 70.4 Å². The maximum absolute atomic E-state index is 5.97. The smallest absolute Gasteiger partial charge is 0.194 e. The molecule has 1 N–H and O–H groups in total. The van der Waals surface area contributed by atoms with E-state index in [4.69, 9.17) is 16.0 Å². The van der Waals surface area contributed by atoms with Gasteiger partial charge >= 0.3 is 0 Å². The number of nitrogens with zero attached hydrogens (tertiary/aromatic N) is 2. The Morgan fingerprint density at radius 1 is 1.20 bits per heavy atom. The van der Waals surface area contributed by atoms with Crippen LogP contribution in [0.15, 0.2) is 57.9 Å². The summed E-state index contributed by atoms with van der Waals surface area (Å²) in [6, 6.07) is 16.3. The van der Waals surface area contributed by atoms with E-state index in [1.807, 2.05) is 49.4 Å². The lowest BCUT2D eigenvalue weighted by Gasteiger charge is -2.21. The van der Waals surface area contributed by atoms with Crippen LogP contribution in [0.4, 0.5) is 0 Å². The first-order valence-electron chi connectivity index (χ1n) is 8.36. The topological polar surface area (TPSA) is 40.8 Å². The molecule has 0 aliphatic carbocycles. The molecule has 5 heteroatoms. The van der Waals surface area contributed by atoms with Crippen LogP contribution in [0, 0.1) is 6.92 Å². The minimum Gasteiger partial charge on any atom is -0.461 e. The molecular weight excluding hydrogens is 334 g/mol. The predicted molar refractivity (Wildman–Crippen MR) is 102 cm³/mol. The van der Waals surface area contributed by atoms with Crippen LogP contribution in [0.5, 0.6) is 0 Å². The molecule has 25 heavy (non-hydrogen) atoms. The van der Waals surface area contributed by atoms with Crippen LogP contribution in [0.2, 0.25) is 5.02 Å². The van der Waals surface area contributed by atoms with Crippen LogP contribution in [-0.4, -0.2) is 24.5 Å². The average Bonchev–Trinajstić information content (AvgIpc) is 3.21. The number of para-hydroxylation sites is 1. The van der Waals surface area contributed by atoms with Gasteiger partial charge in [-0.1, -0.05) is 41.9 Å². The second-order valence-corrected chi connectivity index (χ2v) is 6.84. The van der Waals surface area contributed by atoms with Crippen LogP contribution >= 0.6 is 11.6 Å². The number of halogens is 1. The molecule has 1 atom stereocenters. The van der Waals surface area contributed by atoms with Gasteiger partial charge in [0.2, 0.25) is 0 Å². The summed E-state index contributed by atoms with van der Waals surface area (Å²) in [5.74, 6) is 1.87. The molecular formula is C20H20ClN3O. The van der Waals surface area contributed by atoms with E-state index in [9.17, 15) is 0 Å². The lowest BCUT2D eigenvalue weighted by molar-refractivity contribution is 0.471. The maximum atomic E-state index is 5.97. The number of hydrogen-bond donors (Lipinski definition) is 1. The fraction of sp³-hybridized carbons (Fsp3) is 0.250. The third-order valence-electron chi connectivity index (χ3n) is 4.66. The van der Waals surface area contributed by atoms with E-state index in [0.717, 1.165) is 35.4 Å². The summed E-state index contributed by atoms with van der Waals surface area (Å²) in [6.45, 7) is 3.50. The second-order valence-electron chi connectivity index (χ2n) is 6.40. The SMILES string of the molecule is Cc1oc2ccccc2c1CN(C)C1=NCC(c2ccc(Cl)cc2)N1. The van der Waals surface area contributed by atoms with Gasteiger partial charge in [-0.05, 0) is 30.7 Å². The Morgan fingerprint density at radius 2 is 1.96 bits per heavy atom. The van der Waals surface area contributed by atoms with Crippen LogP contribution in [0.1, 0.15) is 22.9 Å². The first-order valence-corrected chi connectivity index (χ1v) is 8.74. The molecule has 0 radical (unpaired) electrons. The van der Waals surface area contributed by atoms with Crippen LogP contribution < -0.4 is 5.32 Å². The number of rotatable bonds is 3. The highest BCUT2D eigenvalue weighted by molar-refractivity contribution is 6.30. The maximum Gasteiger partial charge on any atom is 0.194 e. The van der Waals surface area contributed by atoms with Gasteiger partial charge in [-0.25, -0.2) is 0 Å².